The summed E-state index contributed by atoms with van der Waals surface area (Å²) in [5, 5.41) is 0. The monoisotopic (exact) mass is 276 g/mol. The van der Waals surface area contributed by atoms with Crippen molar-refractivity contribution < 1.29 is 0 Å². The molecule has 0 aliphatic rings. The van der Waals surface area contributed by atoms with Gasteiger partial charge in [-0.25, -0.2) is 0 Å². The molecule has 0 aromatic heterocycles. The van der Waals surface area contributed by atoms with Crippen LogP contribution in [0.2, 0.25) is 0 Å². The lowest BCUT2D eigenvalue weighted by Gasteiger charge is -2.03. The van der Waals surface area contributed by atoms with Crippen molar-refractivity contribution in [2.75, 3.05) is 0 Å². The SMILES string of the molecule is CCCCCC(C=Cc1ccccc1)=Cc1ccccc1. The second-order valence-corrected chi connectivity index (χ2v) is 5.33. The molecule has 0 radical (unpaired) electrons. The van der Waals surface area contributed by atoms with Crippen LogP contribution in [-0.4, -0.2) is 0 Å². The lowest BCUT2D eigenvalue weighted by Crippen LogP contribution is -1.82. The van der Waals surface area contributed by atoms with E-state index in [1.165, 1.54) is 36.0 Å². The molecule has 0 fully saturated rings. The van der Waals surface area contributed by atoms with Gasteiger partial charge in [0.2, 0.25) is 0 Å². The van der Waals surface area contributed by atoms with Gasteiger partial charge in [-0.05, 0) is 29.5 Å². The van der Waals surface area contributed by atoms with E-state index in [0.29, 0.717) is 0 Å². The van der Waals surface area contributed by atoms with E-state index < -0.39 is 0 Å². The Hall–Kier alpha value is -2.08. The van der Waals surface area contributed by atoms with Gasteiger partial charge in [0.15, 0.2) is 0 Å². The maximum absolute atomic E-state index is 2.30. The van der Waals surface area contributed by atoms with Crippen LogP contribution in [0.4, 0.5) is 0 Å². The van der Waals surface area contributed by atoms with Crippen LogP contribution in [0.5, 0.6) is 0 Å². The molecule has 0 amide bonds. The topological polar surface area (TPSA) is 0 Å². The minimum atomic E-state index is 1.14. The van der Waals surface area contributed by atoms with Gasteiger partial charge in [-0.2, -0.15) is 0 Å². The summed E-state index contributed by atoms with van der Waals surface area (Å²) >= 11 is 0. The van der Waals surface area contributed by atoms with Gasteiger partial charge in [0.1, 0.15) is 0 Å². The van der Waals surface area contributed by atoms with Gasteiger partial charge in [0.05, 0.1) is 0 Å². The van der Waals surface area contributed by atoms with Crippen LogP contribution < -0.4 is 0 Å². The van der Waals surface area contributed by atoms with Crippen molar-refractivity contribution in [3.8, 4) is 0 Å². The zero-order valence-electron chi connectivity index (χ0n) is 12.8. The summed E-state index contributed by atoms with van der Waals surface area (Å²) in [5.74, 6) is 0. The van der Waals surface area contributed by atoms with Crippen LogP contribution in [0.3, 0.4) is 0 Å². The van der Waals surface area contributed by atoms with E-state index in [1.54, 1.807) is 0 Å². The maximum Gasteiger partial charge on any atom is -0.0254 e. The van der Waals surface area contributed by atoms with Crippen LogP contribution >= 0.6 is 0 Å². The van der Waals surface area contributed by atoms with E-state index >= 15 is 0 Å². The van der Waals surface area contributed by atoms with Gasteiger partial charge >= 0.3 is 0 Å². The molecule has 0 unspecified atom stereocenters. The van der Waals surface area contributed by atoms with Gasteiger partial charge in [0, 0.05) is 0 Å². The Labute approximate surface area is 128 Å². The quantitative estimate of drug-likeness (QED) is 0.407. The van der Waals surface area contributed by atoms with E-state index in [-0.39, 0.29) is 0 Å². The molecular weight excluding hydrogens is 252 g/mol. The third-order valence-corrected chi connectivity index (χ3v) is 3.51. The molecule has 0 N–H and O–H groups in total. The number of rotatable bonds is 7. The lowest BCUT2D eigenvalue weighted by molar-refractivity contribution is 0.721. The van der Waals surface area contributed by atoms with Gasteiger partial charge < -0.3 is 0 Å². The highest BCUT2D eigenvalue weighted by molar-refractivity contribution is 5.61. The average molecular weight is 276 g/mol. The first kappa shape index (κ1) is 15.3. The molecule has 0 saturated carbocycles. The molecule has 21 heavy (non-hydrogen) atoms. The number of allylic oxidation sites excluding steroid dienone is 2. The molecule has 0 spiro atoms. The van der Waals surface area contributed by atoms with Crippen molar-refractivity contribution in [3.63, 3.8) is 0 Å². The Bertz CT molecular complexity index is 562. The van der Waals surface area contributed by atoms with Crippen LogP contribution in [0.15, 0.2) is 72.3 Å². The summed E-state index contributed by atoms with van der Waals surface area (Å²) in [5.41, 5.74) is 3.94. The summed E-state index contributed by atoms with van der Waals surface area (Å²) < 4.78 is 0. The zero-order chi connectivity index (χ0) is 14.8. The van der Waals surface area contributed by atoms with Crippen LogP contribution in [-0.2, 0) is 0 Å². The highest BCUT2D eigenvalue weighted by Gasteiger charge is 1.95. The standard InChI is InChI=1S/C21H24/c1-2-3-6-13-21(18-20-14-9-5-10-15-20)17-16-19-11-7-4-8-12-19/h4-5,7-12,14-18H,2-3,6,13H2,1H3. The molecule has 0 aliphatic heterocycles. The van der Waals surface area contributed by atoms with Crippen molar-refractivity contribution in [2.24, 2.45) is 0 Å². The van der Waals surface area contributed by atoms with E-state index in [1.807, 2.05) is 0 Å². The molecule has 2 rings (SSSR count). The molecule has 2 aromatic rings. The molecule has 0 heterocycles. The molecule has 0 atom stereocenters. The minimum absolute atomic E-state index is 1.14. The highest BCUT2D eigenvalue weighted by atomic mass is 14.0. The van der Waals surface area contributed by atoms with Crippen molar-refractivity contribution in [1.29, 1.82) is 0 Å². The smallest absolute Gasteiger partial charge is 0.0254 e. The summed E-state index contributed by atoms with van der Waals surface area (Å²) in [6, 6.07) is 21.1. The number of hydrogen-bond acceptors (Lipinski definition) is 0. The van der Waals surface area contributed by atoms with Gasteiger partial charge in [-0.15, -0.1) is 0 Å². The minimum Gasteiger partial charge on any atom is -0.0654 e. The van der Waals surface area contributed by atoms with E-state index in [9.17, 15) is 0 Å². The second kappa shape index (κ2) is 8.97. The fourth-order valence-electron chi connectivity index (χ4n) is 2.31. The van der Waals surface area contributed by atoms with Crippen LogP contribution in [0.1, 0.15) is 43.7 Å². The van der Waals surface area contributed by atoms with Crippen molar-refractivity contribution in [3.05, 3.63) is 83.4 Å². The fourth-order valence-corrected chi connectivity index (χ4v) is 2.31. The van der Waals surface area contributed by atoms with Gasteiger partial charge in [-0.1, -0.05) is 98.7 Å². The molecule has 2 aromatic carbocycles. The molecule has 0 aliphatic carbocycles. The zero-order valence-corrected chi connectivity index (χ0v) is 12.8. The summed E-state index contributed by atoms with van der Waals surface area (Å²) in [4.78, 5) is 0. The molecule has 0 nitrogen and oxygen atoms in total. The Morgan fingerprint density at radius 1 is 0.810 bits per heavy atom. The molecular formula is C21H24. The Morgan fingerprint density at radius 3 is 2.05 bits per heavy atom. The van der Waals surface area contributed by atoms with Crippen molar-refractivity contribution in [1.82, 2.24) is 0 Å². The van der Waals surface area contributed by atoms with Crippen molar-refractivity contribution >= 4 is 12.2 Å². The van der Waals surface area contributed by atoms with Gasteiger partial charge in [-0.3, -0.25) is 0 Å². The molecule has 0 bridgehead atoms. The van der Waals surface area contributed by atoms with E-state index in [4.69, 9.17) is 0 Å². The Morgan fingerprint density at radius 2 is 1.43 bits per heavy atom. The average Bonchev–Trinajstić information content (AvgIpc) is 2.54. The fraction of sp³-hybridized carbons (Fsp3) is 0.238. The third kappa shape index (κ3) is 5.83. The van der Waals surface area contributed by atoms with Gasteiger partial charge in [0.25, 0.3) is 0 Å². The molecule has 0 saturated heterocycles. The summed E-state index contributed by atoms with van der Waals surface area (Å²) in [7, 11) is 0. The maximum atomic E-state index is 2.30. The molecule has 108 valence electrons. The Balaban J connectivity index is 2.12. The lowest BCUT2D eigenvalue weighted by atomic mass is 10.0. The third-order valence-electron chi connectivity index (χ3n) is 3.51. The van der Waals surface area contributed by atoms with Crippen molar-refractivity contribution in [2.45, 2.75) is 32.6 Å². The molecule has 0 heteroatoms. The predicted molar refractivity (Wildman–Crippen MR) is 94.0 cm³/mol. The normalized spacial score (nSPS) is 12.0. The Kier molecular flexibility index (Phi) is 6.54. The largest absolute Gasteiger partial charge is 0.0654 e. The predicted octanol–water partition coefficient (Wildman–Crippen LogP) is 6.36. The summed E-state index contributed by atoms with van der Waals surface area (Å²) in [6.45, 7) is 2.25. The number of hydrogen-bond donors (Lipinski definition) is 0. The van der Waals surface area contributed by atoms with Crippen LogP contribution in [0.25, 0.3) is 12.2 Å². The van der Waals surface area contributed by atoms with Crippen LogP contribution in [0, 0.1) is 0 Å². The summed E-state index contributed by atoms with van der Waals surface area (Å²) in [6.07, 6.45) is 11.7. The number of benzene rings is 2. The number of unbranched alkanes of at least 4 members (excludes halogenated alkanes) is 2. The highest BCUT2D eigenvalue weighted by Crippen LogP contribution is 2.16. The van der Waals surface area contributed by atoms with E-state index in [0.717, 1.165) is 6.42 Å². The first-order chi connectivity index (χ1) is 10.4. The second-order valence-electron chi connectivity index (χ2n) is 5.33. The first-order valence-corrected chi connectivity index (χ1v) is 7.87. The first-order valence-electron chi connectivity index (χ1n) is 7.87. The van der Waals surface area contributed by atoms with E-state index in [2.05, 4.69) is 85.8 Å².